The Morgan fingerprint density at radius 2 is 2.31 bits per heavy atom. The Morgan fingerprint density at radius 1 is 1.50 bits per heavy atom. The van der Waals surface area contributed by atoms with Crippen LogP contribution in [0.5, 0.6) is 0 Å². The molecule has 1 atom stereocenters. The fraction of sp³-hybridized carbons (Fsp3) is 0.250. The molecule has 1 heterocycles. The van der Waals surface area contributed by atoms with E-state index in [0.29, 0.717) is 5.56 Å². The number of hydrogen-bond acceptors (Lipinski definition) is 4. The molecular weight excluding hydrogens is 222 g/mol. The highest BCUT2D eigenvalue weighted by atomic mass is 32.1. The largest absolute Gasteiger partial charge is 0.383 e. The zero-order valence-electron chi connectivity index (χ0n) is 8.97. The summed E-state index contributed by atoms with van der Waals surface area (Å²) in [6.07, 6.45) is 0. The van der Waals surface area contributed by atoms with Crippen LogP contribution in [0.2, 0.25) is 0 Å². The van der Waals surface area contributed by atoms with Gasteiger partial charge in [0.1, 0.15) is 0 Å². The number of Topliss-reactive ketones (excluding diaryl/α,β-unsaturated/α-hetero) is 1. The van der Waals surface area contributed by atoms with Crippen LogP contribution in [-0.2, 0) is 4.74 Å². The van der Waals surface area contributed by atoms with Crippen LogP contribution in [0.4, 0.5) is 0 Å². The van der Waals surface area contributed by atoms with E-state index in [4.69, 9.17) is 10.5 Å². The Hall–Kier alpha value is -1.23. The molecule has 0 radical (unpaired) electrons. The maximum absolute atomic E-state index is 12.0. The highest BCUT2D eigenvalue weighted by Crippen LogP contribution is 2.25. The molecule has 84 valence electrons. The van der Waals surface area contributed by atoms with Crippen molar-refractivity contribution >= 4 is 27.2 Å². The van der Waals surface area contributed by atoms with Gasteiger partial charge in [0.05, 0.1) is 12.6 Å². The number of rotatable bonds is 4. The fourth-order valence-electron chi connectivity index (χ4n) is 1.64. The number of ether oxygens (including phenoxy) is 1. The number of carbonyl (C=O) groups is 1. The third-order valence-electron chi connectivity index (χ3n) is 2.43. The van der Waals surface area contributed by atoms with E-state index < -0.39 is 6.04 Å². The summed E-state index contributed by atoms with van der Waals surface area (Å²) in [5, 5.41) is 3.06. The molecule has 0 aliphatic carbocycles. The highest BCUT2D eigenvalue weighted by Gasteiger charge is 2.18. The van der Waals surface area contributed by atoms with Crippen molar-refractivity contribution in [1.29, 1.82) is 0 Å². The van der Waals surface area contributed by atoms with Crippen LogP contribution in [-0.4, -0.2) is 25.5 Å². The lowest BCUT2D eigenvalue weighted by Gasteiger charge is -2.09. The number of carbonyl (C=O) groups excluding carboxylic acids is 1. The quantitative estimate of drug-likeness (QED) is 0.825. The number of methoxy groups -OCH3 is 1. The number of fused-ring (bicyclic) bond motifs is 1. The summed E-state index contributed by atoms with van der Waals surface area (Å²) in [6.45, 7) is 0.251. The van der Waals surface area contributed by atoms with Gasteiger partial charge in [-0.05, 0) is 22.9 Å². The first-order chi connectivity index (χ1) is 7.74. The molecule has 2 rings (SSSR count). The van der Waals surface area contributed by atoms with Gasteiger partial charge in [0, 0.05) is 17.4 Å². The standard InChI is InChI=1S/C12H13NO2S/c1-15-7-10(13)11(14)9-4-2-3-8-5-6-16-12(8)9/h2-6,10H,7,13H2,1H3. The predicted molar refractivity (Wildman–Crippen MR) is 66.0 cm³/mol. The minimum Gasteiger partial charge on any atom is -0.383 e. The molecular formula is C12H13NO2S. The summed E-state index contributed by atoms with van der Waals surface area (Å²) < 4.78 is 5.90. The van der Waals surface area contributed by atoms with Gasteiger partial charge >= 0.3 is 0 Å². The van der Waals surface area contributed by atoms with Crippen LogP contribution in [0.1, 0.15) is 10.4 Å². The van der Waals surface area contributed by atoms with Gasteiger partial charge in [-0.25, -0.2) is 0 Å². The summed E-state index contributed by atoms with van der Waals surface area (Å²) in [6, 6.07) is 7.10. The van der Waals surface area contributed by atoms with Crippen molar-refractivity contribution in [3.05, 3.63) is 35.2 Å². The average Bonchev–Trinajstić information content (AvgIpc) is 2.76. The van der Waals surface area contributed by atoms with Crippen LogP contribution in [0.25, 0.3) is 10.1 Å². The van der Waals surface area contributed by atoms with Gasteiger partial charge in [0.2, 0.25) is 0 Å². The van der Waals surface area contributed by atoms with E-state index in [1.807, 2.05) is 29.6 Å². The Balaban J connectivity index is 2.39. The van der Waals surface area contributed by atoms with Crippen LogP contribution in [0.3, 0.4) is 0 Å². The lowest BCUT2D eigenvalue weighted by Crippen LogP contribution is -2.34. The summed E-state index contributed by atoms with van der Waals surface area (Å²) in [5.41, 5.74) is 6.44. The lowest BCUT2D eigenvalue weighted by molar-refractivity contribution is 0.0894. The van der Waals surface area contributed by atoms with Crippen LogP contribution < -0.4 is 5.73 Å². The van der Waals surface area contributed by atoms with E-state index in [1.165, 1.54) is 0 Å². The summed E-state index contributed by atoms with van der Waals surface area (Å²) in [5.74, 6) is -0.0603. The first-order valence-corrected chi connectivity index (χ1v) is 5.87. The van der Waals surface area contributed by atoms with Crippen molar-refractivity contribution in [2.24, 2.45) is 5.73 Å². The second-order valence-corrected chi connectivity index (χ2v) is 4.49. The Labute approximate surface area is 97.8 Å². The number of thiophene rings is 1. The van der Waals surface area contributed by atoms with Crippen molar-refractivity contribution in [2.45, 2.75) is 6.04 Å². The SMILES string of the molecule is COCC(N)C(=O)c1cccc2ccsc12. The van der Waals surface area contributed by atoms with E-state index in [2.05, 4.69) is 0 Å². The van der Waals surface area contributed by atoms with Crippen LogP contribution >= 0.6 is 11.3 Å². The van der Waals surface area contributed by atoms with Crippen molar-refractivity contribution in [2.75, 3.05) is 13.7 Å². The second kappa shape index (κ2) is 4.74. The lowest BCUT2D eigenvalue weighted by atomic mass is 10.0. The molecule has 3 nitrogen and oxygen atoms in total. The molecule has 0 bridgehead atoms. The number of nitrogens with two attached hydrogens (primary N) is 1. The van der Waals surface area contributed by atoms with Crippen molar-refractivity contribution in [3.63, 3.8) is 0 Å². The van der Waals surface area contributed by atoms with Crippen molar-refractivity contribution in [3.8, 4) is 0 Å². The van der Waals surface area contributed by atoms with Gasteiger partial charge in [0.25, 0.3) is 0 Å². The third-order valence-corrected chi connectivity index (χ3v) is 3.39. The number of benzene rings is 1. The minimum atomic E-state index is -0.585. The molecule has 0 saturated heterocycles. The molecule has 1 aromatic carbocycles. The molecule has 16 heavy (non-hydrogen) atoms. The van der Waals surface area contributed by atoms with E-state index in [9.17, 15) is 4.79 Å². The van der Waals surface area contributed by atoms with Gasteiger partial charge in [-0.15, -0.1) is 11.3 Å². The van der Waals surface area contributed by atoms with Gasteiger partial charge in [-0.2, -0.15) is 0 Å². The van der Waals surface area contributed by atoms with Crippen LogP contribution in [0, 0.1) is 0 Å². The highest BCUT2D eigenvalue weighted by molar-refractivity contribution is 7.17. The molecule has 2 aromatic rings. The summed E-state index contributed by atoms with van der Waals surface area (Å²) in [4.78, 5) is 12.0. The Bertz CT molecular complexity index is 506. The molecule has 0 spiro atoms. The molecule has 0 amide bonds. The Kier molecular flexibility index (Phi) is 3.33. The third kappa shape index (κ3) is 2.00. The van der Waals surface area contributed by atoms with Gasteiger partial charge in [-0.3, -0.25) is 4.79 Å². The first-order valence-electron chi connectivity index (χ1n) is 4.99. The van der Waals surface area contributed by atoms with E-state index in [0.717, 1.165) is 10.1 Å². The first kappa shape index (κ1) is 11.3. The van der Waals surface area contributed by atoms with Gasteiger partial charge in [0.15, 0.2) is 5.78 Å². The molecule has 1 aromatic heterocycles. The zero-order valence-corrected chi connectivity index (χ0v) is 9.79. The average molecular weight is 235 g/mol. The number of hydrogen-bond donors (Lipinski definition) is 1. The van der Waals surface area contributed by atoms with Gasteiger partial charge in [-0.1, -0.05) is 12.1 Å². The molecule has 0 saturated carbocycles. The minimum absolute atomic E-state index is 0.0603. The van der Waals surface area contributed by atoms with Crippen molar-refractivity contribution < 1.29 is 9.53 Å². The summed E-state index contributed by atoms with van der Waals surface area (Å²) in [7, 11) is 1.54. The predicted octanol–water partition coefficient (Wildman–Crippen LogP) is 2.06. The number of ketones is 1. The summed E-state index contributed by atoms with van der Waals surface area (Å²) >= 11 is 1.56. The smallest absolute Gasteiger partial charge is 0.183 e. The zero-order chi connectivity index (χ0) is 11.5. The fourth-order valence-corrected chi connectivity index (χ4v) is 2.56. The van der Waals surface area contributed by atoms with E-state index in [-0.39, 0.29) is 12.4 Å². The molecule has 0 fully saturated rings. The molecule has 1 unspecified atom stereocenters. The Morgan fingerprint density at radius 3 is 3.06 bits per heavy atom. The molecule has 0 aliphatic heterocycles. The molecule has 4 heteroatoms. The molecule has 2 N–H and O–H groups in total. The van der Waals surface area contributed by atoms with E-state index >= 15 is 0 Å². The second-order valence-electron chi connectivity index (χ2n) is 3.57. The van der Waals surface area contributed by atoms with Crippen molar-refractivity contribution in [1.82, 2.24) is 0 Å². The topological polar surface area (TPSA) is 52.3 Å². The monoisotopic (exact) mass is 235 g/mol. The maximum atomic E-state index is 12.0. The van der Waals surface area contributed by atoms with Gasteiger partial charge < -0.3 is 10.5 Å². The maximum Gasteiger partial charge on any atom is 0.183 e. The molecule has 0 aliphatic rings. The van der Waals surface area contributed by atoms with E-state index in [1.54, 1.807) is 18.4 Å². The normalized spacial score (nSPS) is 12.9. The van der Waals surface area contributed by atoms with Crippen LogP contribution in [0.15, 0.2) is 29.6 Å².